The first-order chi connectivity index (χ1) is 8.36. The highest BCUT2D eigenvalue weighted by molar-refractivity contribution is 7.89. The minimum absolute atomic E-state index is 0.170. The van der Waals surface area contributed by atoms with E-state index in [0.717, 1.165) is 6.20 Å². The average molecular weight is 277 g/mol. The fourth-order valence-corrected chi connectivity index (χ4v) is 2.10. The zero-order chi connectivity index (χ0) is 13.8. The largest absolute Gasteiger partial charge is 0.469 e. The van der Waals surface area contributed by atoms with Crippen molar-refractivity contribution < 1.29 is 17.9 Å². The SMILES string of the molecule is COC(=O)CCNS(=O)(=O)c1c[nH]c(=O)[nH]c1=O. The van der Waals surface area contributed by atoms with Gasteiger partial charge in [0.05, 0.1) is 13.5 Å². The van der Waals surface area contributed by atoms with Crippen LogP contribution >= 0.6 is 0 Å². The van der Waals surface area contributed by atoms with Crippen molar-refractivity contribution in [1.29, 1.82) is 0 Å². The molecule has 0 radical (unpaired) electrons. The quantitative estimate of drug-likeness (QED) is 0.527. The molecular formula is C8H11N3O6S. The zero-order valence-corrected chi connectivity index (χ0v) is 10.2. The van der Waals surface area contributed by atoms with Crippen LogP contribution in [0.15, 0.2) is 20.7 Å². The first-order valence-electron chi connectivity index (χ1n) is 4.75. The topological polar surface area (TPSA) is 138 Å². The van der Waals surface area contributed by atoms with Crippen LogP contribution in [0.1, 0.15) is 6.42 Å². The number of carbonyl (C=O) groups excluding carboxylic acids is 1. The van der Waals surface area contributed by atoms with Crippen molar-refractivity contribution >= 4 is 16.0 Å². The molecule has 0 amide bonds. The van der Waals surface area contributed by atoms with Gasteiger partial charge in [-0.3, -0.25) is 14.6 Å². The number of hydrogen-bond acceptors (Lipinski definition) is 6. The van der Waals surface area contributed by atoms with Crippen molar-refractivity contribution in [1.82, 2.24) is 14.7 Å². The molecule has 100 valence electrons. The van der Waals surface area contributed by atoms with E-state index in [0.29, 0.717) is 0 Å². The predicted octanol–water partition coefficient (Wildman–Crippen LogP) is -2.10. The van der Waals surface area contributed by atoms with E-state index < -0.39 is 32.1 Å². The van der Waals surface area contributed by atoms with Crippen molar-refractivity contribution in [2.75, 3.05) is 13.7 Å². The summed E-state index contributed by atoms with van der Waals surface area (Å²) in [7, 11) is -2.91. The van der Waals surface area contributed by atoms with Gasteiger partial charge in [0, 0.05) is 12.7 Å². The van der Waals surface area contributed by atoms with Crippen molar-refractivity contribution in [3.8, 4) is 0 Å². The van der Waals surface area contributed by atoms with Crippen LogP contribution < -0.4 is 16.0 Å². The van der Waals surface area contributed by atoms with Gasteiger partial charge >= 0.3 is 11.7 Å². The lowest BCUT2D eigenvalue weighted by Crippen LogP contribution is -2.34. The second-order valence-electron chi connectivity index (χ2n) is 3.16. The van der Waals surface area contributed by atoms with E-state index in [9.17, 15) is 22.8 Å². The van der Waals surface area contributed by atoms with Gasteiger partial charge in [-0.2, -0.15) is 0 Å². The summed E-state index contributed by atoms with van der Waals surface area (Å²) in [5.74, 6) is -0.590. The third kappa shape index (κ3) is 3.53. The van der Waals surface area contributed by atoms with Crippen LogP contribution in [0.2, 0.25) is 0 Å². The molecule has 0 saturated carbocycles. The molecule has 1 heterocycles. The summed E-state index contributed by atoms with van der Waals surface area (Å²) < 4.78 is 29.6. The monoisotopic (exact) mass is 277 g/mol. The molecule has 0 atom stereocenters. The average Bonchev–Trinajstić information content (AvgIpc) is 2.27. The van der Waals surface area contributed by atoms with Crippen LogP contribution in [0.3, 0.4) is 0 Å². The van der Waals surface area contributed by atoms with E-state index in [1.807, 2.05) is 9.71 Å². The Bertz CT molecular complexity index is 643. The molecule has 0 spiro atoms. The maximum atomic E-state index is 11.6. The molecule has 18 heavy (non-hydrogen) atoms. The first kappa shape index (κ1) is 14.1. The summed E-state index contributed by atoms with van der Waals surface area (Å²) in [6, 6.07) is 0. The summed E-state index contributed by atoms with van der Waals surface area (Å²) in [4.78, 5) is 35.9. The third-order valence-corrected chi connectivity index (χ3v) is 3.39. The molecule has 0 aliphatic heterocycles. The molecule has 9 nitrogen and oxygen atoms in total. The van der Waals surface area contributed by atoms with E-state index in [1.165, 1.54) is 7.11 Å². The van der Waals surface area contributed by atoms with Crippen molar-refractivity contribution in [2.45, 2.75) is 11.3 Å². The molecule has 3 N–H and O–H groups in total. The van der Waals surface area contributed by atoms with Crippen LogP contribution in [0.25, 0.3) is 0 Å². The Morgan fingerprint density at radius 3 is 2.67 bits per heavy atom. The highest BCUT2D eigenvalue weighted by Gasteiger charge is 2.18. The maximum Gasteiger partial charge on any atom is 0.325 e. The summed E-state index contributed by atoms with van der Waals surface area (Å²) in [5.41, 5.74) is -1.85. The van der Waals surface area contributed by atoms with Gasteiger partial charge in [-0.1, -0.05) is 0 Å². The number of methoxy groups -OCH3 is 1. The number of H-pyrrole nitrogens is 2. The molecule has 0 bridgehead atoms. The standard InChI is InChI=1S/C8H11N3O6S/c1-17-6(12)2-3-10-18(15,16)5-4-9-8(14)11-7(5)13/h4,10H,2-3H2,1H3,(H2,9,11,13,14). The smallest absolute Gasteiger partial charge is 0.325 e. The number of esters is 1. The van der Waals surface area contributed by atoms with E-state index in [2.05, 4.69) is 4.74 Å². The Hall–Kier alpha value is -1.94. The van der Waals surface area contributed by atoms with Crippen molar-refractivity contribution in [2.24, 2.45) is 0 Å². The number of carbonyl (C=O) groups is 1. The van der Waals surface area contributed by atoms with Crippen molar-refractivity contribution in [3.63, 3.8) is 0 Å². The highest BCUT2D eigenvalue weighted by Crippen LogP contribution is 1.97. The Labute approximate surface area is 101 Å². The number of aromatic amines is 2. The van der Waals surface area contributed by atoms with Gasteiger partial charge in [0.25, 0.3) is 5.56 Å². The zero-order valence-electron chi connectivity index (χ0n) is 9.35. The normalized spacial score (nSPS) is 11.2. The van der Waals surface area contributed by atoms with Crippen LogP contribution in [-0.4, -0.2) is 38.0 Å². The molecule has 0 aliphatic carbocycles. The predicted molar refractivity (Wildman–Crippen MR) is 59.5 cm³/mol. The molecule has 0 unspecified atom stereocenters. The fraction of sp³-hybridized carbons (Fsp3) is 0.375. The number of rotatable bonds is 5. The number of aromatic nitrogens is 2. The minimum Gasteiger partial charge on any atom is -0.469 e. The molecule has 0 saturated heterocycles. The fourth-order valence-electron chi connectivity index (χ4n) is 1.06. The van der Waals surface area contributed by atoms with E-state index in [-0.39, 0.29) is 13.0 Å². The molecule has 1 rings (SSSR count). The van der Waals surface area contributed by atoms with E-state index in [4.69, 9.17) is 0 Å². The van der Waals surface area contributed by atoms with Gasteiger partial charge in [0.15, 0.2) is 4.90 Å². The number of nitrogens with one attached hydrogen (secondary N) is 3. The first-order valence-corrected chi connectivity index (χ1v) is 6.23. The summed E-state index contributed by atoms with van der Waals surface area (Å²) in [5, 5.41) is 0. The summed E-state index contributed by atoms with van der Waals surface area (Å²) >= 11 is 0. The van der Waals surface area contributed by atoms with E-state index in [1.54, 1.807) is 4.98 Å². The molecular weight excluding hydrogens is 266 g/mol. The molecule has 0 aliphatic rings. The van der Waals surface area contributed by atoms with Crippen LogP contribution in [-0.2, 0) is 19.6 Å². The van der Waals surface area contributed by atoms with Gasteiger partial charge in [-0.15, -0.1) is 0 Å². The lowest BCUT2D eigenvalue weighted by atomic mass is 10.4. The van der Waals surface area contributed by atoms with Gasteiger partial charge in [0.2, 0.25) is 10.0 Å². The van der Waals surface area contributed by atoms with Gasteiger partial charge in [0.1, 0.15) is 0 Å². The molecule has 10 heteroatoms. The number of hydrogen-bond donors (Lipinski definition) is 3. The Balaban J connectivity index is 2.84. The van der Waals surface area contributed by atoms with Crippen molar-refractivity contribution in [3.05, 3.63) is 27.0 Å². The number of ether oxygens (including phenoxy) is 1. The second kappa shape index (κ2) is 5.60. The van der Waals surface area contributed by atoms with Crippen LogP contribution in [0.5, 0.6) is 0 Å². The Kier molecular flexibility index (Phi) is 4.39. The van der Waals surface area contributed by atoms with E-state index >= 15 is 0 Å². The Morgan fingerprint density at radius 1 is 1.44 bits per heavy atom. The summed E-state index contributed by atoms with van der Waals surface area (Å²) in [6.07, 6.45) is 0.610. The second-order valence-corrected chi connectivity index (χ2v) is 4.90. The Morgan fingerprint density at radius 2 is 2.11 bits per heavy atom. The van der Waals surface area contributed by atoms with Gasteiger partial charge < -0.3 is 9.72 Å². The number of sulfonamides is 1. The van der Waals surface area contributed by atoms with Crippen LogP contribution in [0, 0.1) is 0 Å². The highest BCUT2D eigenvalue weighted by atomic mass is 32.2. The summed E-state index contributed by atoms with van der Waals surface area (Å²) in [6.45, 7) is -0.215. The lowest BCUT2D eigenvalue weighted by molar-refractivity contribution is -0.140. The molecule has 1 aromatic rings. The maximum absolute atomic E-state index is 11.6. The molecule has 0 fully saturated rings. The minimum atomic E-state index is -4.08. The third-order valence-electron chi connectivity index (χ3n) is 1.92. The van der Waals surface area contributed by atoms with Gasteiger partial charge in [-0.25, -0.2) is 17.9 Å². The molecule has 1 aromatic heterocycles. The van der Waals surface area contributed by atoms with Crippen LogP contribution in [0.4, 0.5) is 0 Å². The van der Waals surface area contributed by atoms with Gasteiger partial charge in [-0.05, 0) is 0 Å². The molecule has 0 aromatic carbocycles. The lowest BCUT2D eigenvalue weighted by Gasteiger charge is -2.04.